The largest absolute Gasteiger partial charge is 0.459 e. The van der Waals surface area contributed by atoms with Crippen LogP contribution in [0.3, 0.4) is 0 Å². The quantitative estimate of drug-likeness (QED) is 0.470. The summed E-state index contributed by atoms with van der Waals surface area (Å²) in [6.45, 7) is 3.16. The van der Waals surface area contributed by atoms with Gasteiger partial charge in [0.1, 0.15) is 5.69 Å². The van der Waals surface area contributed by atoms with Gasteiger partial charge in [0.25, 0.3) is 0 Å². The molecular weight excluding hydrogens is 236 g/mol. The van der Waals surface area contributed by atoms with Crippen molar-refractivity contribution < 1.29 is 19.1 Å². The smallest absolute Gasteiger partial charge is 0.396 e. The summed E-state index contributed by atoms with van der Waals surface area (Å²) in [7, 11) is 0. The average Bonchev–Trinajstić information content (AvgIpc) is 2.36. The number of ether oxygens (including phenoxy) is 1. The van der Waals surface area contributed by atoms with Gasteiger partial charge in [0.05, 0.1) is 13.2 Å². The normalized spacial score (nSPS) is 9.67. The molecule has 1 aromatic heterocycles. The Bertz CT molecular complexity index is 471. The first-order valence-electron chi connectivity index (χ1n) is 5.46. The number of nitrogens with zero attached hydrogens (tertiary/aromatic N) is 1. The van der Waals surface area contributed by atoms with Gasteiger partial charge in [-0.2, -0.15) is 0 Å². The number of pyridine rings is 1. The van der Waals surface area contributed by atoms with E-state index in [-0.39, 0.29) is 24.6 Å². The molecule has 0 atom stereocenters. The van der Waals surface area contributed by atoms with Crippen LogP contribution < -0.4 is 5.32 Å². The Balaban J connectivity index is 2.55. The number of amides is 1. The minimum Gasteiger partial charge on any atom is -0.459 e. The van der Waals surface area contributed by atoms with Crippen LogP contribution in [0, 0.1) is 6.92 Å². The van der Waals surface area contributed by atoms with Crippen molar-refractivity contribution in [3.63, 3.8) is 0 Å². The molecule has 0 aliphatic heterocycles. The summed E-state index contributed by atoms with van der Waals surface area (Å²) in [5, 5.41) is 2.19. The summed E-state index contributed by atoms with van der Waals surface area (Å²) in [6.07, 6.45) is 1.49. The Kier molecular flexibility index (Phi) is 4.98. The third-order valence-corrected chi connectivity index (χ3v) is 2.14. The number of Topliss-reactive ketones (excluding diaryl/α,β-unsaturated/α-hetero) is 1. The van der Waals surface area contributed by atoms with E-state index in [1.807, 2.05) is 0 Å². The van der Waals surface area contributed by atoms with Crippen molar-refractivity contribution >= 4 is 17.7 Å². The number of ketones is 1. The number of aryl methyl sites for hydroxylation is 1. The third kappa shape index (κ3) is 3.65. The van der Waals surface area contributed by atoms with Gasteiger partial charge in [-0.3, -0.25) is 14.6 Å². The van der Waals surface area contributed by atoms with Crippen molar-refractivity contribution in [3.8, 4) is 0 Å². The summed E-state index contributed by atoms with van der Waals surface area (Å²) in [4.78, 5) is 37.8. The fraction of sp³-hybridized carbons (Fsp3) is 0.333. The van der Waals surface area contributed by atoms with Crippen molar-refractivity contribution in [2.75, 3.05) is 13.2 Å². The Morgan fingerprint density at radius 2 is 2.11 bits per heavy atom. The highest BCUT2D eigenvalue weighted by Crippen LogP contribution is 2.03. The first kappa shape index (κ1) is 13.8. The predicted octanol–water partition coefficient (Wildman–Crippen LogP) is 0.252. The van der Waals surface area contributed by atoms with E-state index in [0.29, 0.717) is 5.56 Å². The maximum atomic E-state index is 11.7. The van der Waals surface area contributed by atoms with E-state index in [1.165, 1.54) is 6.20 Å². The number of aromatic nitrogens is 1. The molecule has 1 amide bonds. The maximum absolute atomic E-state index is 11.7. The zero-order valence-electron chi connectivity index (χ0n) is 10.2. The fourth-order valence-corrected chi connectivity index (χ4v) is 1.29. The van der Waals surface area contributed by atoms with Crippen LogP contribution >= 0.6 is 0 Å². The molecule has 6 heteroatoms. The van der Waals surface area contributed by atoms with Gasteiger partial charge in [-0.25, -0.2) is 4.79 Å². The van der Waals surface area contributed by atoms with Crippen LogP contribution in [0.15, 0.2) is 18.3 Å². The Labute approximate surface area is 104 Å². The summed E-state index contributed by atoms with van der Waals surface area (Å²) in [5.74, 6) is -2.28. The second-order valence-electron chi connectivity index (χ2n) is 3.50. The molecule has 0 unspecified atom stereocenters. The molecule has 0 fully saturated rings. The number of carbonyl (C=O) groups excluding carboxylic acids is 3. The van der Waals surface area contributed by atoms with E-state index >= 15 is 0 Å². The molecule has 0 saturated carbocycles. The van der Waals surface area contributed by atoms with Crippen LogP contribution in [0.4, 0.5) is 0 Å². The molecule has 0 bridgehead atoms. The van der Waals surface area contributed by atoms with Gasteiger partial charge in [-0.1, -0.05) is 6.07 Å². The first-order valence-corrected chi connectivity index (χ1v) is 5.46. The van der Waals surface area contributed by atoms with Crippen molar-refractivity contribution in [2.24, 2.45) is 0 Å². The number of carbonyl (C=O) groups is 3. The van der Waals surface area contributed by atoms with Crippen LogP contribution in [0.25, 0.3) is 0 Å². The molecule has 0 spiro atoms. The van der Waals surface area contributed by atoms with E-state index < -0.39 is 11.9 Å². The van der Waals surface area contributed by atoms with Crippen LogP contribution in [0.1, 0.15) is 23.0 Å². The predicted molar refractivity (Wildman–Crippen MR) is 62.9 cm³/mol. The maximum Gasteiger partial charge on any atom is 0.396 e. The van der Waals surface area contributed by atoms with Crippen molar-refractivity contribution in [2.45, 2.75) is 13.8 Å². The Morgan fingerprint density at radius 1 is 1.39 bits per heavy atom. The van der Waals surface area contributed by atoms with Gasteiger partial charge in [0.2, 0.25) is 5.78 Å². The van der Waals surface area contributed by atoms with E-state index in [1.54, 1.807) is 26.0 Å². The molecule has 96 valence electrons. The molecule has 6 nitrogen and oxygen atoms in total. The second-order valence-corrected chi connectivity index (χ2v) is 3.50. The van der Waals surface area contributed by atoms with Crippen LogP contribution in [-0.2, 0) is 14.3 Å². The van der Waals surface area contributed by atoms with Gasteiger partial charge in [-0.15, -0.1) is 0 Å². The Hall–Kier alpha value is -2.24. The van der Waals surface area contributed by atoms with Crippen molar-refractivity contribution in [3.05, 3.63) is 29.6 Å². The second kappa shape index (κ2) is 6.48. The number of rotatable bonds is 4. The molecule has 0 aromatic carbocycles. The highest BCUT2D eigenvalue weighted by molar-refractivity contribution is 6.32. The van der Waals surface area contributed by atoms with Gasteiger partial charge in [-0.05, 0) is 25.5 Å². The molecule has 1 aromatic rings. The fourth-order valence-electron chi connectivity index (χ4n) is 1.29. The minimum absolute atomic E-state index is 0.111. The lowest BCUT2D eigenvalue weighted by Gasteiger charge is -2.05. The van der Waals surface area contributed by atoms with Crippen LogP contribution in [-0.4, -0.2) is 35.8 Å². The summed E-state index contributed by atoms with van der Waals surface area (Å²) >= 11 is 0. The summed E-state index contributed by atoms with van der Waals surface area (Å²) < 4.78 is 4.49. The molecule has 0 radical (unpaired) electrons. The van der Waals surface area contributed by atoms with Gasteiger partial charge in [0, 0.05) is 6.20 Å². The van der Waals surface area contributed by atoms with Gasteiger partial charge < -0.3 is 10.1 Å². The SMILES string of the molecule is CCOC(=O)C(=O)NCC(=O)c1ncccc1C. The number of hydrogen-bond acceptors (Lipinski definition) is 5. The first-order chi connectivity index (χ1) is 8.56. The molecule has 1 heterocycles. The number of nitrogens with one attached hydrogen (secondary N) is 1. The lowest BCUT2D eigenvalue weighted by atomic mass is 10.1. The van der Waals surface area contributed by atoms with Crippen LogP contribution in [0.5, 0.6) is 0 Å². The zero-order valence-corrected chi connectivity index (χ0v) is 10.2. The summed E-state index contributed by atoms with van der Waals surface area (Å²) in [5.41, 5.74) is 0.995. The molecule has 0 aliphatic rings. The molecular formula is C12H14N2O4. The topological polar surface area (TPSA) is 85.4 Å². The van der Waals surface area contributed by atoms with Crippen molar-refractivity contribution in [1.29, 1.82) is 0 Å². The Morgan fingerprint density at radius 3 is 2.72 bits per heavy atom. The number of hydrogen-bond donors (Lipinski definition) is 1. The number of esters is 1. The lowest BCUT2D eigenvalue weighted by molar-refractivity contribution is -0.154. The molecule has 1 rings (SSSR count). The highest BCUT2D eigenvalue weighted by atomic mass is 16.5. The lowest BCUT2D eigenvalue weighted by Crippen LogP contribution is -2.36. The van der Waals surface area contributed by atoms with E-state index in [4.69, 9.17) is 0 Å². The van der Waals surface area contributed by atoms with Crippen molar-refractivity contribution in [1.82, 2.24) is 10.3 Å². The summed E-state index contributed by atoms with van der Waals surface area (Å²) in [6, 6.07) is 3.46. The average molecular weight is 250 g/mol. The monoisotopic (exact) mass is 250 g/mol. The zero-order chi connectivity index (χ0) is 13.5. The molecule has 1 N–H and O–H groups in total. The minimum atomic E-state index is -0.997. The van der Waals surface area contributed by atoms with Gasteiger partial charge in [0.15, 0.2) is 0 Å². The highest BCUT2D eigenvalue weighted by Gasteiger charge is 2.17. The van der Waals surface area contributed by atoms with E-state index in [9.17, 15) is 14.4 Å². The van der Waals surface area contributed by atoms with Crippen LogP contribution in [0.2, 0.25) is 0 Å². The third-order valence-electron chi connectivity index (χ3n) is 2.14. The van der Waals surface area contributed by atoms with E-state index in [2.05, 4.69) is 15.0 Å². The molecule has 0 saturated heterocycles. The molecule has 18 heavy (non-hydrogen) atoms. The van der Waals surface area contributed by atoms with E-state index in [0.717, 1.165) is 0 Å². The molecule has 0 aliphatic carbocycles. The standard InChI is InChI=1S/C12H14N2O4/c1-3-18-12(17)11(16)14-7-9(15)10-8(2)5-4-6-13-10/h4-6H,3,7H2,1-2H3,(H,14,16). The van der Waals surface area contributed by atoms with Gasteiger partial charge >= 0.3 is 11.9 Å².